The SMILES string of the molecule is N#Cc1ccc(S(=O)(=O)N(CC(=O)O)CC(F)(F)F)cn1. The Hall–Kier alpha value is -2.19. The lowest BCUT2D eigenvalue weighted by Gasteiger charge is -2.21. The van der Waals surface area contributed by atoms with E-state index in [1.165, 1.54) is 0 Å². The number of sulfonamides is 1. The number of pyridine rings is 1. The number of nitrogens with zero attached hydrogens (tertiary/aromatic N) is 3. The Morgan fingerprint density at radius 2 is 2.05 bits per heavy atom. The number of aliphatic carboxylic acids is 1. The molecule has 0 radical (unpaired) electrons. The largest absolute Gasteiger partial charge is 0.480 e. The smallest absolute Gasteiger partial charge is 0.402 e. The van der Waals surface area contributed by atoms with Gasteiger partial charge in [-0.05, 0) is 12.1 Å². The third kappa shape index (κ3) is 4.69. The molecule has 1 heterocycles. The lowest BCUT2D eigenvalue weighted by molar-refractivity contribution is -0.146. The summed E-state index contributed by atoms with van der Waals surface area (Å²) in [6, 6.07) is 3.49. The number of hydrogen-bond acceptors (Lipinski definition) is 5. The Bertz CT molecular complexity index is 664. The highest BCUT2D eigenvalue weighted by Gasteiger charge is 2.38. The van der Waals surface area contributed by atoms with E-state index in [2.05, 4.69) is 4.98 Å². The average molecular weight is 323 g/mol. The van der Waals surface area contributed by atoms with E-state index in [1.54, 1.807) is 6.07 Å². The van der Waals surface area contributed by atoms with Crippen molar-refractivity contribution in [1.29, 1.82) is 5.26 Å². The number of nitriles is 1. The van der Waals surface area contributed by atoms with Gasteiger partial charge in [-0.3, -0.25) is 4.79 Å². The molecule has 114 valence electrons. The van der Waals surface area contributed by atoms with Gasteiger partial charge >= 0.3 is 12.1 Å². The molecule has 0 aliphatic rings. The summed E-state index contributed by atoms with van der Waals surface area (Å²) in [6.45, 7) is -3.29. The van der Waals surface area contributed by atoms with E-state index in [9.17, 15) is 26.4 Å². The zero-order valence-corrected chi connectivity index (χ0v) is 11.0. The molecule has 1 rings (SSSR count). The first kappa shape index (κ1) is 16.9. The third-order valence-corrected chi connectivity index (χ3v) is 3.93. The van der Waals surface area contributed by atoms with Gasteiger partial charge in [0.25, 0.3) is 0 Å². The topological polar surface area (TPSA) is 111 Å². The van der Waals surface area contributed by atoms with Gasteiger partial charge in [-0.1, -0.05) is 0 Å². The van der Waals surface area contributed by atoms with E-state index in [4.69, 9.17) is 10.4 Å². The van der Waals surface area contributed by atoms with Crippen LogP contribution in [0.5, 0.6) is 0 Å². The van der Waals surface area contributed by atoms with Gasteiger partial charge in [0.05, 0.1) is 0 Å². The second kappa shape index (κ2) is 6.06. The summed E-state index contributed by atoms with van der Waals surface area (Å²) in [5, 5.41) is 17.1. The normalized spacial score (nSPS) is 12.1. The second-order valence-electron chi connectivity index (χ2n) is 3.77. The molecule has 0 amide bonds. The van der Waals surface area contributed by atoms with Crippen molar-refractivity contribution >= 4 is 16.0 Å². The zero-order chi connectivity index (χ0) is 16.3. The molecular formula is C10H8F3N3O4S. The number of alkyl halides is 3. The summed E-state index contributed by atoms with van der Waals surface area (Å²) in [7, 11) is -4.69. The van der Waals surface area contributed by atoms with Gasteiger partial charge in [-0.25, -0.2) is 13.4 Å². The maximum Gasteiger partial charge on any atom is 0.402 e. The first-order valence-electron chi connectivity index (χ1n) is 5.21. The van der Waals surface area contributed by atoms with Crippen LogP contribution in [-0.4, -0.2) is 48.0 Å². The number of rotatable bonds is 5. The second-order valence-corrected chi connectivity index (χ2v) is 5.71. The Labute approximate surface area is 117 Å². The predicted octanol–water partition coefficient (Wildman–Crippen LogP) is 0.591. The van der Waals surface area contributed by atoms with Crippen molar-refractivity contribution in [3.8, 4) is 6.07 Å². The molecule has 0 aliphatic carbocycles. The molecule has 0 fully saturated rings. The van der Waals surface area contributed by atoms with Gasteiger partial charge in [-0.2, -0.15) is 22.7 Å². The molecule has 0 atom stereocenters. The molecule has 21 heavy (non-hydrogen) atoms. The Morgan fingerprint density at radius 3 is 2.43 bits per heavy atom. The number of carboxylic acid groups (broad SMARTS) is 1. The van der Waals surface area contributed by atoms with Crippen LogP contribution in [0.3, 0.4) is 0 Å². The van der Waals surface area contributed by atoms with Crippen molar-refractivity contribution in [3.05, 3.63) is 24.0 Å². The van der Waals surface area contributed by atoms with E-state index in [0.717, 1.165) is 12.1 Å². The highest BCUT2D eigenvalue weighted by Crippen LogP contribution is 2.22. The van der Waals surface area contributed by atoms with Crippen molar-refractivity contribution in [2.75, 3.05) is 13.1 Å². The van der Waals surface area contributed by atoms with Gasteiger partial charge < -0.3 is 5.11 Å². The van der Waals surface area contributed by atoms with E-state index >= 15 is 0 Å². The fraction of sp³-hybridized carbons (Fsp3) is 0.300. The average Bonchev–Trinajstić information content (AvgIpc) is 2.36. The van der Waals surface area contributed by atoms with Crippen molar-refractivity contribution in [1.82, 2.24) is 9.29 Å². The zero-order valence-electron chi connectivity index (χ0n) is 10.2. The molecule has 0 bridgehead atoms. The highest BCUT2D eigenvalue weighted by atomic mass is 32.2. The summed E-state index contributed by atoms with van der Waals surface area (Å²) in [6.07, 6.45) is -4.21. The Kier molecular flexibility index (Phi) is 4.87. The van der Waals surface area contributed by atoms with Crippen LogP contribution in [0.25, 0.3) is 0 Å². The maximum absolute atomic E-state index is 12.4. The lowest BCUT2D eigenvalue weighted by atomic mass is 10.4. The predicted molar refractivity (Wildman–Crippen MR) is 61.4 cm³/mol. The van der Waals surface area contributed by atoms with Crippen LogP contribution in [0.2, 0.25) is 0 Å². The summed E-state index contributed by atoms with van der Waals surface area (Å²) in [5.41, 5.74) is -0.130. The fourth-order valence-corrected chi connectivity index (χ4v) is 2.65. The van der Waals surface area contributed by atoms with Crippen molar-refractivity contribution in [2.45, 2.75) is 11.1 Å². The van der Waals surface area contributed by atoms with Crippen LogP contribution in [0, 0.1) is 11.3 Å². The maximum atomic E-state index is 12.4. The summed E-state index contributed by atoms with van der Waals surface area (Å²) in [5.74, 6) is -1.73. The van der Waals surface area contributed by atoms with Crippen LogP contribution < -0.4 is 0 Å². The first-order valence-corrected chi connectivity index (χ1v) is 6.65. The molecule has 0 saturated heterocycles. The molecule has 0 saturated carbocycles. The fourth-order valence-electron chi connectivity index (χ4n) is 1.32. The standard InChI is InChI=1S/C10H8F3N3O4S/c11-10(12,13)6-16(5-9(17)18)21(19,20)8-2-1-7(3-14)15-4-8/h1-2,4H,5-6H2,(H,17,18). The quantitative estimate of drug-likeness (QED) is 0.849. The lowest BCUT2D eigenvalue weighted by Crippen LogP contribution is -2.42. The minimum absolute atomic E-state index is 0.130. The van der Waals surface area contributed by atoms with Gasteiger partial charge in [0, 0.05) is 6.20 Å². The summed E-state index contributed by atoms with van der Waals surface area (Å²) < 4.78 is 60.8. The number of carbonyl (C=O) groups is 1. The monoisotopic (exact) mass is 323 g/mol. The van der Waals surface area contributed by atoms with E-state index in [1.807, 2.05) is 0 Å². The summed E-state index contributed by atoms with van der Waals surface area (Å²) in [4.78, 5) is 13.3. The third-order valence-electron chi connectivity index (χ3n) is 2.16. The number of halogens is 3. The van der Waals surface area contributed by atoms with Crippen LogP contribution in [-0.2, 0) is 14.8 Å². The minimum Gasteiger partial charge on any atom is -0.480 e. The van der Waals surface area contributed by atoms with Gasteiger partial charge in [0.15, 0.2) is 0 Å². The molecule has 0 aromatic carbocycles. The van der Waals surface area contributed by atoms with Crippen molar-refractivity contribution in [3.63, 3.8) is 0 Å². The van der Waals surface area contributed by atoms with Crippen LogP contribution in [0.4, 0.5) is 13.2 Å². The van der Waals surface area contributed by atoms with Crippen LogP contribution in [0.15, 0.2) is 23.2 Å². The van der Waals surface area contributed by atoms with Gasteiger partial charge in [0.2, 0.25) is 10.0 Å². The van der Waals surface area contributed by atoms with E-state index in [0.29, 0.717) is 6.20 Å². The molecule has 1 aromatic heterocycles. The molecular weight excluding hydrogens is 315 g/mol. The minimum atomic E-state index is -4.90. The molecule has 0 unspecified atom stereocenters. The molecule has 0 spiro atoms. The Morgan fingerprint density at radius 1 is 1.43 bits per heavy atom. The Balaban J connectivity index is 3.19. The number of carboxylic acids is 1. The van der Waals surface area contributed by atoms with Gasteiger partial charge in [0.1, 0.15) is 29.7 Å². The van der Waals surface area contributed by atoms with E-state index in [-0.39, 0.29) is 10.00 Å². The van der Waals surface area contributed by atoms with Crippen LogP contribution in [0.1, 0.15) is 5.69 Å². The number of hydrogen-bond donors (Lipinski definition) is 1. The molecule has 11 heteroatoms. The first-order chi connectivity index (χ1) is 9.56. The van der Waals surface area contributed by atoms with Crippen molar-refractivity contribution < 1.29 is 31.5 Å². The molecule has 1 N–H and O–H groups in total. The van der Waals surface area contributed by atoms with Gasteiger partial charge in [-0.15, -0.1) is 0 Å². The molecule has 0 aliphatic heterocycles. The summed E-state index contributed by atoms with van der Waals surface area (Å²) >= 11 is 0. The molecule has 1 aromatic rings. The highest BCUT2D eigenvalue weighted by molar-refractivity contribution is 7.89. The van der Waals surface area contributed by atoms with E-state index < -0.39 is 40.2 Å². The van der Waals surface area contributed by atoms with Crippen LogP contribution >= 0.6 is 0 Å². The van der Waals surface area contributed by atoms with Crippen molar-refractivity contribution in [2.24, 2.45) is 0 Å². The number of aromatic nitrogens is 1. The molecule has 7 nitrogen and oxygen atoms in total.